The van der Waals surface area contributed by atoms with Crippen LogP contribution in [0.25, 0.3) is 0 Å². The van der Waals surface area contributed by atoms with Gasteiger partial charge in [0.15, 0.2) is 0 Å². The van der Waals surface area contributed by atoms with Crippen molar-refractivity contribution in [2.45, 2.75) is 13.0 Å². The predicted molar refractivity (Wildman–Crippen MR) is 50.1 cm³/mol. The summed E-state index contributed by atoms with van der Waals surface area (Å²) in [5.41, 5.74) is 12.1. The molecule has 0 rings (SSSR count). The minimum Gasteiger partial charge on any atom is -0.329 e. The third-order valence-corrected chi connectivity index (χ3v) is 1.35. The molecule has 1 atom stereocenters. The van der Waals surface area contributed by atoms with Crippen molar-refractivity contribution < 1.29 is 0 Å². The molecule has 0 aliphatic heterocycles. The van der Waals surface area contributed by atoms with E-state index in [1.54, 1.807) is 6.08 Å². The smallest absolute Gasteiger partial charge is 0.0419 e. The molecular formula is C9H16N2. The molecule has 0 heterocycles. The SMILES string of the molecule is C=C/C=C(\C=C/C)C(N)CN. The van der Waals surface area contributed by atoms with E-state index in [0.717, 1.165) is 5.57 Å². The van der Waals surface area contributed by atoms with Crippen molar-refractivity contribution in [3.8, 4) is 0 Å². The van der Waals surface area contributed by atoms with E-state index < -0.39 is 0 Å². The van der Waals surface area contributed by atoms with Crippen molar-refractivity contribution in [3.63, 3.8) is 0 Å². The number of hydrogen-bond donors (Lipinski definition) is 2. The molecule has 0 aromatic heterocycles. The van der Waals surface area contributed by atoms with Gasteiger partial charge in [0.25, 0.3) is 0 Å². The molecule has 0 aromatic carbocycles. The van der Waals surface area contributed by atoms with Crippen molar-refractivity contribution in [2.75, 3.05) is 6.54 Å². The molecule has 0 saturated heterocycles. The molecule has 0 aliphatic rings. The van der Waals surface area contributed by atoms with E-state index in [4.69, 9.17) is 11.5 Å². The Kier molecular flexibility index (Phi) is 5.43. The van der Waals surface area contributed by atoms with Crippen LogP contribution in [0.4, 0.5) is 0 Å². The molecule has 0 aromatic rings. The first-order valence-electron chi connectivity index (χ1n) is 3.67. The van der Waals surface area contributed by atoms with Crippen LogP contribution in [0, 0.1) is 0 Å². The van der Waals surface area contributed by atoms with Gasteiger partial charge in [-0.15, -0.1) is 0 Å². The van der Waals surface area contributed by atoms with E-state index in [9.17, 15) is 0 Å². The van der Waals surface area contributed by atoms with Crippen LogP contribution in [0.1, 0.15) is 6.92 Å². The Morgan fingerprint density at radius 2 is 2.27 bits per heavy atom. The summed E-state index contributed by atoms with van der Waals surface area (Å²) in [4.78, 5) is 0. The van der Waals surface area contributed by atoms with E-state index in [1.165, 1.54) is 0 Å². The van der Waals surface area contributed by atoms with Gasteiger partial charge in [-0.3, -0.25) is 0 Å². The first-order chi connectivity index (χ1) is 5.26. The average Bonchev–Trinajstić information content (AvgIpc) is 2.03. The summed E-state index contributed by atoms with van der Waals surface area (Å²) in [7, 11) is 0. The van der Waals surface area contributed by atoms with Crippen LogP contribution in [-0.4, -0.2) is 12.6 Å². The minimum atomic E-state index is -0.0794. The molecule has 0 spiro atoms. The van der Waals surface area contributed by atoms with Crippen LogP contribution >= 0.6 is 0 Å². The van der Waals surface area contributed by atoms with Crippen LogP contribution in [0.15, 0.2) is 36.5 Å². The van der Waals surface area contributed by atoms with E-state index in [2.05, 4.69) is 6.58 Å². The Hall–Kier alpha value is -0.860. The summed E-state index contributed by atoms with van der Waals surface area (Å²) >= 11 is 0. The molecule has 0 amide bonds. The lowest BCUT2D eigenvalue weighted by Gasteiger charge is -2.08. The van der Waals surface area contributed by atoms with Gasteiger partial charge in [-0.05, 0) is 12.5 Å². The standard InChI is InChI=1S/C9H16N2/c1-3-5-8(6-4-2)9(11)7-10/h3-6,9H,1,7,10-11H2,2H3/b6-4-,8-5+. The highest BCUT2D eigenvalue weighted by Gasteiger charge is 2.00. The van der Waals surface area contributed by atoms with Gasteiger partial charge in [-0.25, -0.2) is 0 Å². The molecule has 0 bridgehead atoms. The largest absolute Gasteiger partial charge is 0.329 e. The zero-order valence-electron chi connectivity index (χ0n) is 6.96. The van der Waals surface area contributed by atoms with Crippen LogP contribution in [0.3, 0.4) is 0 Å². The Bertz CT molecular complexity index is 168. The fraction of sp³-hybridized carbons (Fsp3) is 0.333. The lowest BCUT2D eigenvalue weighted by atomic mass is 10.1. The van der Waals surface area contributed by atoms with E-state index >= 15 is 0 Å². The Morgan fingerprint density at radius 3 is 2.64 bits per heavy atom. The lowest BCUT2D eigenvalue weighted by molar-refractivity contribution is 0.794. The number of hydrogen-bond acceptors (Lipinski definition) is 2. The number of allylic oxidation sites excluding steroid dienone is 3. The van der Waals surface area contributed by atoms with Crippen molar-refractivity contribution in [1.29, 1.82) is 0 Å². The highest BCUT2D eigenvalue weighted by molar-refractivity contribution is 5.27. The van der Waals surface area contributed by atoms with Crippen molar-refractivity contribution >= 4 is 0 Å². The van der Waals surface area contributed by atoms with Crippen LogP contribution in [-0.2, 0) is 0 Å². The third-order valence-electron chi connectivity index (χ3n) is 1.35. The Morgan fingerprint density at radius 1 is 1.64 bits per heavy atom. The second-order valence-corrected chi connectivity index (χ2v) is 2.24. The summed E-state index contributed by atoms with van der Waals surface area (Å²) in [6.45, 7) is 6.00. The quantitative estimate of drug-likeness (QED) is 0.589. The van der Waals surface area contributed by atoms with Crippen LogP contribution < -0.4 is 11.5 Å². The van der Waals surface area contributed by atoms with Gasteiger partial charge in [0.1, 0.15) is 0 Å². The zero-order chi connectivity index (χ0) is 8.69. The molecule has 1 unspecified atom stereocenters. The Labute approximate surface area is 68.3 Å². The van der Waals surface area contributed by atoms with Crippen molar-refractivity contribution in [1.82, 2.24) is 0 Å². The lowest BCUT2D eigenvalue weighted by Crippen LogP contribution is -2.30. The van der Waals surface area contributed by atoms with Gasteiger partial charge in [0.05, 0.1) is 0 Å². The average molecular weight is 152 g/mol. The maximum atomic E-state index is 5.70. The summed E-state index contributed by atoms with van der Waals surface area (Å²) in [6, 6.07) is -0.0794. The molecule has 0 aliphatic carbocycles. The topological polar surface area (TPSA) is 52.0 Å². The van der Waals surface area contributed by atoms with E-state index in [1.807, 2.05) is 25.2 Å². The zero-order valence-corrected chi connectivity index (χ0v) is 6.96. The molecule has 0 radical (unpaired) electrons. The van der Waals surface area contributed by atoms with Gasteiger partial charge in [0, 0.05) is 12.6 Å². The molecule has 0 saturated carbocycles. The maximum Gasteiger partial charge on any atom is 0.0419 e. The monoisotopic (exact) mass is 152 g/mol. The molecule has 62 valence electrons. The Balaban J connectivity index is 4.32. The highest BCUT2D eigenvalue weighted by atomic mass is 14.7. The minimum absolute atomic E-state index is 0.0794. The summed E-state index contributed by atoms with van der Waals surface area (Å²) in [5.74, 6) is 0. The van der Waals surface area contributed by atoms with E-state index in [0.29, 0.717) is 6.54 Å². The molecule has 2 nitrogen and oxygen atoms in total. The first-order valence-corrected chi connectivity index (χ1v) is 3.67. The number of rotatable bonds is 4. The number of nitrogens with two attached hydrogens (primary N) is 2. The molecular weight excluding hydrogens is 136 g/mol. The summed E-state index contributed by atoms with van der Waals surface area (Å²) < 4.78 is 0. The molecule has 0 fully saturated rings. The second kappa shape index (κ2) is 5.89. The summed E-state index contributed by atoms with van der Waals surface area (Å²) in [5, 5.41) is 0. The fourth-order valence-corrected chi connectivity index (χ4v) is 0.767. The molecule has 11 heavy (non-hydrogen) atoms. The molecule has 2 heteroatoms. The highest BCUT2D eigenvalue weighted by Crippen LogP contribution is 2.00. The second-order valence-electron chi connectivity index (χ2n) is 2.24. The van der Waals surface area contributed by atoms with Crippen molar-refractivity contribution in [2.24, 2.45) is 11.5 Å². The molecule has 4 N–H and O–H groups in total. The maximum absolute atomic E-state index is 5.70. The third kappa shape index (κ3) is 3.75. The van der Waals surface area contributed by atoms with Crippen LogP contribution in [0.2, 0.25) is 0 Å². The van der Waals surface area contributed by atoms with Crippen molar-refractivity contribution in [3.05, 3.63) is 36.5 Å². The van der Waals surface area contributed by atoms with Gasteiger partial charge >= 0.3 is 0 Å². The normalized spacial score (nSPS) is 15.4. The van der Waals surface area contributed by atoms with Gasteiger partial charge < -0.3 is 11.5 Å². The predicted octanol–water partition coefficient (Wildman–Crippen LogP) is 0.961. The fourth-order valence-electron chi connectivity index (χ4n) is 0.767. The van der Waals surface area contributed by atoms with Gasteiger partial charge in [0.2, 0.25) is 0 Å². The summed E-state index contributed by atoms with van der Waals surface area (Å²) in [6.07, 6.45) is 7.46. The van der Waals surface area contributed by atoms with Gasteiger partial charge in [-0.1, -0.05) is 30.9 Å². The van der Waals surface area contributed by atoms with E-state index in [-0.39, 0.29) is 6.04 Å². The first kappa shape index (κ1) is 10.1. The van der Waals surface area contributed by atoms with Gasteiger partial charge in [-0.2, -0.15) is 0 Å². The van der Waals surface area contributed by atoms with Crippen LogP contribution in [0.5, 0.6) is 0 Å².